The number of nitro groups is 1. The van der Waals surface area contributed by atoms with Crippen LogP contribution >= 0.6 is 0 Å². The van der Waals surface area contributed by atoms with Crippen LogP contribution in [0.4, 0.5) is 5.69 Å². The average molecular weight is 395 g/mol. The van der Waals surface area contributed by atoms with E-state index in [4.69, 9.17) is 12.6 Å². The maximum Gasteiger partial charge on any atom is 0.269 e. The van der Waals surface area contributed by atoms with Crippen molar-refractivity contribution in [2.24, 2.45) is 4.99 Å². The minimum absolute atomic E-state index is 0.0616. The number of aryl methyl sites for hydroxylation is 2. The number of nitrogens with zero attached hydrogens (tertiary/aromatic N) is 3. The number of Topliss-reactive ketones (excluding diaryl/α,β-unsaturated/α-hetero) is 1. The smallest absolute Gasteiger partial charge is 0.269 e. The van der Waals surface area contributed by atoms with E-state index in [1.165, 1.54) is 41.8 Å². The molecule has 1 unspecified atom stereocenters. The van der Waals surface area contributed by atoms with Crippen molar-refractivity contribution >= 4 is 29.1 Å². The van der Waals surface area contributed by atoms with Gasteiger partial charge in [-0.2, -0.15) is 4.57 Å². The molecule has 144 valence electrons. The van der Waals surface area contributed by atoms with Crippen molar-refractivity contribution in [2.45, 2.75) is 31.7 Å². The van der Waals surface area contributed by atoms with Gasteiger partial charge in [0.2, 0.25) is 11.8 Å². The van der Waals surface area contributed by atoms with E-state index in [0.29, 0.717) is 12.1 Å². The fraction of sp³-hybridized carbons (Fsp3) is 0.286. The summed E-state index contributed by atoms with van der Waals surface area (Å²) in [5.41, 5.74) is 2.82. The zero-order valence-electron chi connectivity index (χ0n) is 15.4. The number of hydrogen-bond donors (Lipinski definition) is 0. The average Bonchev–Trinajstić information content (AvgIpc) is 2.72. The van der Waals surface area contributed by atoms with Crippen LogP contribution in [-0.4, -0.2) is 22.3 Å². The van der Waals surface area contributed by atoms with Gasteiger partial charge in [-0.05, 0) is 48.4 Å². The van der Waals surface area contributed by atoms with E-state index in [1.807, 2.05) is 23.0 Å². The molecule has 0 saturated carbocycles. The van der Waals surface area contributed by atoms with Crippen LogP contribution in [0.3, 0.4) is 0 Å². The number of benzene rings is 1. The van der Waals surface area contributed by atoms with Gasteiger partial charge in [-0.15, -0.1) is 6.58 Å². The number of ketones is 1. The lowest BCUT2D eigenvalue weighted by atomic mass is 9.93. The molecule has 0 aliphatic heterocycles. The predicted octanol–water partition coefficient (Wildman–Crippen LogP) is 3.32. The van der Waals surface area contributed by atoms with Crippen LogP contribution in [0, 0.1) is 10.1 Å². The topological polar surface area (TPSA) is 76.4 Å². The lowest BCUT2D eigenvalue weighted by Crippen LogP contribution is -2.48. The molecule has 0 saturated heterocycles. The third kappa shape index (κ3) is 4.31. The van der Waals surface area contributed by atoms with Gasteiger partial charge in [0.05, 0.1) is 11.5 Å². The molecule has 0 spiro atoms. The Labute approximate surface area is 169 Å². The van der Waals surface area contributed by atoms with Crippen molar-refractivity contribution in [3.63, 3.8) is 0 Å². The third-order valence-electron chi connectivity index (χ3n) is 4.83. The van der Waals surface area contributed by atoms with Crippen molar-refractivity contribution in [3.05, 3.63) is 82.2 Å². The fourth-order valence-electron chi connectivity index (χ4n) is 3.37. The van der Waals surface area contributed by atoms with E-state index in [-0.39, 0.29) is 16.5 Å². The number of pyridine rings is 1. The first kappa shape index (κ1) is 19.8. The fourth-order valence-corrected chi connectivity index (χ4v) is 3.67. The monoisotopic (exact) mass is 395 g/mol. The van der Waals surface area contributed by atoms with Gasteiger partial charge in [0.25, 0.3) is 5.69 Å². The summed E-state index contributed by atoms with van der Waals surface area (Å²) in [6.07, 6.45) is 9.80. The summed E-state index contributed by atoms with van der Waals surface area (Å²) in [7, 11) is 0. The summed E-state index contributed by atoms with van der Waals surface area (Å²) in [6.45, 7) is 3.97. The van der Waals surface area contributed by atoms with Crippen molar-refractivity contribution < 1.29 is 14.3 Å². The highest BCUT2D eigenvalue weighted by Crippen LogP contribution is 2.21. The van der Waals surface area contributed by atoms with Crippen LogP contribution in [-0.2, 0) is 25.5 Å². The lowest BCUT2D eigenvalue weighted by molar-refractivity contribution is -0.692. The molecule has 1 aliphatic rings. The standard InChI is InChI=1S/C21H21N3O3S/c1-2-12-22-21(28)19(20(25)16-7-9-18(10-8-16)24(26)27)23-13-11-15-5-3-4-6-17(15)14-23/h2,7-11,13-14,19H,1,3-6,12H2. The molecule has 0 N–H and O–H groups in total. The molecule has 3 rings (SSSR count). The van der Waals surface area contributed by atoms with E-state index in [9.17, 15) is 14.9 Å². The van der Waals surface area contributed by atoms with Gasteiger partial charge in [-0.25, -0.2) is 0 Å². The number of rotatable bonds is 7. The number of aromatic nitrogens is 1. The predicted molar refractivity (Wildman–Crippen MR) is 110 cm³/mol. The summed E-state index contributed by atoms with van der Waals surface area (Å²) in [4.78, 5) is 27.9. The first-order chi connectivity index (χ1) is 13.5. The van der Waals surface area contributed by atoms with Crippen molar-refractivity contribution in [1.29, 1.82) is 0 Å². The molecule has 0 bridgehead atoms. The van der Waals surface area contributed by atoms with Crippen molar-refractivity contribution in [3.8, 4) is 0 Å². The molecule has 0 radical (unpaired) electrons. The van der Waals surface area contributed by atoms with Gasteiger partial charge >= 0.3 is 0 Å². The second-order valence-electron chi connectivity index (χ2n) is 6.69. The van der Waals surface area contributed by atoms with Gasteiger partial charge < -0.3 is 17.6 Å². The maximum absolute atomic E-state index is 13.2. The number of carbonyl (C=O) groups is 1. The molecular formula is C21H21N3O3S. The van der Waals surface area contributed by atoms with Crippen LogP contribution < -0.4 is 4.57 Å². The van der Waals surface area contributed by atoms with E-state index in [1.54, 1.807) is 6.08 Å². The number of nitro benzene ring substituents is 1. The van der Waals surface area contributed by atoms with Crippen molar-refractivity contribution in [1.82, 2.24) is 0 Å². The molecule has 1 atom stereocenters. The highest BCUT2D eigenvalue weighted by Gasteiger charge is 2.29. The molecule has 7 heteroatoms. The minimum atomic E-state index is -0.774. The van der Waals surface area contributed by atoms with E-state index in [2.05, 4.69) is 11.6 Å². The molecule has 6 nitrogen and oxygen atoms in total. The Bertz CT molecular complexity index is 938. The molecular weight excluding hydrogens is 374 g/mol. The molecule has 1 aromatic heterocycles. The first-order valence-electron chi connectivity index (χ1n) is 9.14. The minimum Gasteiger partial charge on any atom is -0.758 e. The highest BCUT2D eigenvalue weighted by atomic mass is 32.1. The molecule has 0 fully saturated rings. The maximum atomic E-state index is 13.2. The van der Waals surface area contributed by atoms with Crippen LogP contribution in [0.15, 0.2) is 60.4 Å². The van der Waals surface area contributed by atoms with Gasteiger partial charge in [0.1, 0.15) is 0 Å². The number of fused-ring (bicyclic) bond motifs is 1. The first-order valence-corrected chi connectivity index (χ1v) is 9.55. The Morgan fingerprint density at radius 2 is 1.93 bits per heavy atom. The number of non-ortho nitro benzene ring substituents is 1. The van der Waals surface area contributed by atoms with E-state index >= 15 is 0 Å². The summed E-state index contributed by atoms with van der Waals surface area (Å²) in [5.74, 6) is -0.242. The Morgan fingerprint density at radius 3 is 2.57 bits per heavy atom. The number of aliphatic imine (C=N–C) groups is 1. The lowest BCUT2D eigenvalue weighted by Gasteiger charge is -2.20. The van der Waals surface area contributed by atoms with Gasteiger partial charge in [-0.3, -0.25) is 14.9 Å². The van der Waals surface area contributed by atoms with Crippen LogP contribution in [0.1, 0.15) is 40.4 Å². The van der Waals surface area contributed by atoms with Gasteiger partial charge in [0, 0.05) is 29.3 Å². The Morgan fingerprint density at radius 1 is 1.25 bits per heavy atom. The van der Waals surface area contributed by atoms with Crippen LogP contribution in [0.25, 0.3) is 0 Å². The second-order valence-corrected chi connectivity index (χ2v) is 7.11. The van der Waals surface area contributed by atoms with Gasteiger partial charge in [0.15, 0.2) is 12.4 Å². The molecule has 1 aliphatic carbocycles. The Hall–Kier alpha value is -2.93. The number of carbonyl (C=O) groups excluding carboxylic acids is 1. The Kier molecular flexibility index (Phi) is 6.26. The third-order valence-corrected chi connectivity index (χ3v) is 5.18. The normalized spacial score (nSPS) is 14.8. The summed E-state index contributed by atoms with van der Waals surface area (Å²) in [6, 6.07) is 6.84. The summed E-state index contributed by atoms with van der Waals surface area (Å²) in [5, 5.41) is 11.1. The highest BCUT2D eigenvalue weighted by molar-refractivity contribution is 7.77. The zero-order chi connectivity index (χ0) is 20.1. The van der Waals surface area contributed by atoms with E-state index < -0.39 is 11.0 Å². The van der Waals surface area contributed by atoms with E-state index in [0.717, 1.165) is 19.3 Å². The van der Waals surface area contributed by atoms with Crippen molar-refractivity contribution in [2.75, 3.05) is 6.54 Å². The molecule has 28 heavy (non-hydrogen) atoms. The zero-order valence-corrected chi connectivity index (χ0v) is 16.2. The Balaban J connectivity index is 2.00. The molecule has 1 aromatic carbocycles. The van der Waals surface area contributed by atoms with Crippen LogP contribution in [0.5, 0.6) is 0 Å². The summed E-state index contributed by atoms with van der Waals surface area (Å²) < 4.78 is 1.81. The number of hydrogen-bond acceptors (Lipinski definition) is 5. The molecule has 1 heterocycles. The molecule has 0 amide bonds. The SMILES string of the molecule is C=CCN=C([S-])C(C(=O)c1ccc([N+](=O)[O-])cc1)[n+]1ccc2c(c1)CCCC2. The molecule has 2 aromatic rings. The quantitative estimate of drug-likeness (QED) is 0.105. The largest absolute Gasteiger partial charge is 0.758 e. The second kappa shape index (κ2) is 8.84. The van der Waals surface area contributed by atoms with Crippen LogP contribution in [0.2, 0.25) is 0 Å². The van der Waals surface area contributed by atoms with Gasteiger partial charge in [-0.1, -0.05) is 6.08 Å². The summed E-state index contributed by atoms with van der Waals surface area (Å²) >= 11 is 5.46.